The minimum absolute atomic E-state index is 0.144. The van der Waals surface area contributed by atoms with Gasteiger partial charge in [-0.15, -0.1) is 11.8 Å². The average molecular weight is 465 g/mol. The Bertz CT molecular complexity index is 1000. The van der Waals surface area contributed by atoms with Gasteiger partial charge in [0, 0.05) is 18.0 Å². The molecule has 1 amide bonds. The van der Waals surface area contributed by atoms with Gasteiger partial charge in [0.05, 0.1) is 24.2 Å². The van der Waals surface area contributed by atoms with E-state index in [1.165, 1.54) is 15.3 Å². The van der Waals surface area contributed by atoms with Crippen LogP contribution in [-0.4, -0.2) is 57.8 Å². The quantitative estimate of drug-likeness (QED) is 0.605. The predicted molar refractivity (Wildman–Crippen MR) is 121 cm³/mol. The van der Waals surface area contributed by atoms with Crippen molar-refractivity contribution in [3.8, 4) is 5.75 Å². The first-order chi connectivity index (χ1) is 14.8. The summed E-state index contributed by atoms with van der Waals surface area (Å²) in [5.74, 6) is 0.235. The summed E-state index contributed by atoms with van der Waals surface area (Å²) in [5.41, 5.74) is 1.67. The number of morpholine rings is 1. The van der Waals surface area contributed by atoms with E-state index in [2.05, 4.69) is 5.32 Å². The molecule has 2 aromatic rings. The number of carbonyl (C=O) groups is 1. The molecular formula is C22H28N2O5S2. The summed E-state index contributed by atoms with van der Waals surface area (Å²) in [6.45, 7) is 5.02. The van der Waals surface area contributed by atoms with Crippen molar-refractivity contribution in [3.05, 3.63) is 53.6 Å². The zero-order valence-corrected chi connectivity index (χ0v) is 19.6. The van der Waals surface area contributed by atoms with Crippen LogP contribution in [0.1, 0.15) is 24.1 Å². The number of nitrogens with one attached hydrogen (secondary N) is 1. The summed E-state index contributed by atoms with van der Waals surface area (Å²) in [7, 11) is -3.57. The van der Waals surface area contributed by atoms with Crippen LogP contribution in [0, 0.1) is 6.92 Å². The third-order valence-corrected chi connectivity index (χ3v) is 7.74. The van der Waals surface area contributed by atoms with Crippen LogP contribution in [0.25, 0.3) is 0 Å². The summed E-state index contributed by atoms with van der Waals surface area (Å²) < 4.78 is 37.8. The van der Waals surface area contributed by atoms with Crippen LogP contribution in [0.2, 0.25) is 0 Å². The summed E-state index contributed by atoms with van der Waals surface area (Å²) >= 11 is 1.67. The van der Waals surface area contributed by atoms with Crippen LogP contribution in [-0.2, 0) is 19.6 Å². The predicted octanol–water partition coefficient (Wildman–Crippen LogP) is 2.99. The minimum atomic E-state index is -3.57. The maximum Gasteiger partial charge on any atom is 0.258 e. The molecular weight excluding hydrogens is 436 g/mol. The lowest BCUT2D eigenvalue weighted by Gasteiger charge is -2.26. The third-order valence-electron chi connectivity index (χ3n) is 5.11. The van der Waals surface area contributed by atoms with E-state index in [1.807, 2.05) is 37.4 Å². The first kappa shape index (κ1) is 23.6. The van der Waals surface area contributed by atoms with Crippen LogP contribution in [0.3, 0.4) is 0 Å². The smallest absolute Gasteiger partial charge is 0.258 e. The van der Waals surface area contributed by atoms with E-state index in [-0.39, 0.29) is 23.5 Å². The summed E-state index contributed by atoms with van der Waals surface area (Å²) in [6, 6.07) is 12.6. The number of carbonyl (C=O) groups excluding carboxylic acids is 1. The van der Waals surface area contributed by atoms with Gasteiger partial charge in [-0.05, 0) is 61.6 Å². The molecule has 0 aromatic heterocycles. The zero-order chi connectivity index (χ0) is 22.4. The molecule has 1 N–H and O–H groups in total. The van der Waals surface area contributed by atoms with E-state index < -0.39 is 10.0 Å². The molecule has 1 atom stereocenters. The van der Waals surface area contributed by atoms with Crippen molar-refractivity contribution >= 4 is 27.7 Å². The Morgan fingerprint density at radius 2 is 1.87 bits per heavy atom. The standard InChI is InChI=1S/C22H28N2O5S2/c1-16-14-20(31(26,27)24-10-12-28-13-11-24)8-9-21(16)29-15-22(25)23-17(2)18-4-6-19(30-3)7-5-18/h4-9,14,17H,10-13,15H2,1-3H3,(H,23,25)/t17-/m0/s1. The van der Waals surface area contributed by atoms with Gasteiger partial charge in [0.2, 0.25) is 10.0 Å². The highest BCUT2D eigenvalue weighted by Gasteiger charge is 2.26. The molecule has 7 nitrogen and oxygen atoms in total. The monoisotopic (exact) mass is 464 g/mol. The average Bonchev–Trinajstić information content (AvgIpc) is 2.78. The first-order valence-electron chi connectivity index (χ1n) is 10.1. The molecule has 1 aliphatic heterocycles. The molecule has 2 aromatic carbocycles. The molecule has 1 aliphatic rings. The van der Waals surface area contributed by atoms with Crippen molar-refractivity contribution in [1.29, 1.82) is 0 Å². The fourth-order valence-electron chi connectivity index (χ4n) is 3.28. The Morgan fingerprint density at radius 1 is 1.19 bits per heavy atom. The summed E-state index contributed by atoms with van der Waals surface area (Å²) in [5, 5.41) is 2.92. The molecule has 168 valence electrons. The molecule has 0 saturated carbocycles. The van der Waals surface area contributed by atoms with E-state index in [4.69, 9.17) is 9.47 Å². The SMILES string of the molecule is CSc1ccc([C@H](C)NC(=O)COc2ccc(S(=O)(=O)N3CCOCC3)cc2C)cc1. The van der Waals surface area contributed by atoms with Crippen molar-refractivity contribution in [2.45, 2.75) is 29.7 Å². The fraction of sp³-hybridized carbons (Fsp3) is 0.409. The van der Waals surface area contributed by atoms with Gasteiger partial charge in [0.25, 0.3) is 5.91 Å². The van der Waals surface area contributed by atoms with E-state index >= 15 is 0 Å². The lowest BCUT2D eigenvalue weighted by molar-refractivity contribution is -0.123. The minimum Gasteiger partial charge on any atom is -0.484 e. The highest BCUT2D eigenvalue weighted by atomic mass is 32.2. The van der Waals surface area contributed by atoms with Crippen LogP contribution in [0.5, 0.6) is 5.75 Å². The van der Waals surface area contributed by atoms with Gasteiger partial charge in [0.15, 0.2) is 6.61 Å². The molecule has 1 saturated heterocycles. The van der Waals surface area contributed by atoms with Gasteiger partial charge in [-0.25, -0.2) is 8.42 Å². The number of rotatable bonds is 8. The third kappa shape index (κ3) is 6.00. The molecule has 0 unspecified atom stereocenters. The summed E-state index contributed by atoms with van der Waals surface area (Å²) in [4.78, 5) is 13.7. The lowest BCUT2D eigenvalue weighted by Crippen LogP contribution is -2.40. The normalized spacial score (nSPS) is 16.0. The van der Waals surface area contributed by atoms with Gasteiger partial charge < -0.3 is 14.8 Å². The van der Waals surface area contributed by atoms with E-state index in [1.54, 1.807) is 30.8 Å². The number of benzene rings is 2. The highest BCUT2D eigenvalue weighted by molar-refractivity contribution is 7.98. The highest BCUT2D eigenvalue weighted by Crippen LogP contribution is 2.25. The van der Waals surface area contributed by atoms with E-state index in [0.717, 1.165) is 5.56 Å². The number of aryl methyl sites for hydroxylation is 1. The van der Waals surface area contributed by atoms with Crippen molar-refractivity contribution in [2.75, 3.05) is 39.2 Å². The molecule has 31 heavy (non-hydrogen) atoms. The lowest BCUT2D eigenvalue weighted by atomic mass is 10.1. The van der Waals surface area contributed by atoms with Crippen molar-refractivity contribution in [2.24, 2.45) is 0 Å². The number of ether oxygens (including phenoxy) is 2. The summed E-state index contributed by atoms with van der Waals surface area (Å²) in [6.07, 6.45) is 2.02. The van der Waals surface area contributed by atoms with Gasteiger partial charge in [0.1, 0.15) is 5.75 Å². The zero-order valence-electron chi connectivity index (χ0n) is 18.0. The van der Waals surface area contributed by atoms with Crippen LogP contribution in [0.4, 0.5) is 0 Å². The second kappa shape index (κ2) is 10.5. The number of sulfonamides is 1. The van der Waals surface area contributed by atoms with E-state index in [0.29, 0.717) is 37.6 Å². The van der Waals surface area contributed by atoms with Gasteiger partial charge in [-0.3, -0.25) is 4.79 Å². The van der Waals surface area contributed by atoms with Crippen LogP contribution in [0.15, 0.2) is 52.3 Å². The van der Waals surface area contributed by atoms with Gasteiger partial charge in [-0.2, -0.15) is 4.31 Å². The van der Waals surface area contributed by atoms with E-state index in [9.17, 15) is 13.2 Å². The second-order valence-electron chi connectivity index (χ2n) is 7.29. The van der Waals surface area contributed by atoms with Gasteiger partial charge >= 0.3 is 0 Å². The fourth-order valence-corrected chi connectivity index (χ4v) is 5.18. The molecule has 0 aliphatic carbocycles. The maximum absolute atomic E-state index is 12.8. The second-order valence-corrected chi connectivity index (χ2v) is 10.1. The van der Waals surface area contributed by atoms with Crippen molar-refractivity contribution < 1.29 is 22.7 Å². The number of hydrogen-bond donors (Lipinski definition) is 1. The molecule has 0 radical (unpaired) electrons. The topological polar surface area (TPSA) is 84.9 Å². The Hall–Kier alpha value is -2.07. The number of nitrogens with zero attached hydrogens (tertiary/aromatic N) is 1. The molecule has 0 spiro atoms. The molecule has 1 heterocycles. The molecule has 3 rings (SSSR count). The maximum atomic E-state index is 12.8. The number of thioether (sulfide) groups is 1. The Kier molecular flexibility index (Phi) is 7.99. The molecule has 0 bridgehead atoms. The first-order valence-corrected chi connectivity index (χ1v) is 12.7. The van der Waals surface area contributed by atoms with Crippen molar-refractivity contribution in [3.63, 3.8) is 0 Å². The Balaban J connectivity index is 1.58. The van der Waals surface area contributed by atoms with Gasteiger partial charge in [-0.1, -0.05) is 12.1 Å². The number of hydrogen-bond acceptors (Lipinski definition) is 6. The van der Waals surface area contributed by atoms with Crippen LogP contribution >= 0.6 is 11.8 Å². The largest absolute Gasteiger partial charge is 0.484 e. The molecule has 9 heteroatoms. The number of amides is 1. The Morgan fingerprint density at radius 3 is 2.48 bits per heavy atom. The van der Waals surface area contributed by atoms with Crippen molar-refractivity contribution in [1.82, 2.24) is 9.62 Å². The molecule has 1 fully saturated rings. The Labute approximate surface area is 188 Å². The van der Waals surface area contributed by atoms with Crippen LogP contribution < -0.4 is 10.1 Å².